The average molecular weight is 195 g/mol. The van der Waals surface area contributed by atoms with E-state index in [2.05, 4.69) is 24.0 Å². The second-order valence-corrected chi connectivity index (χ2v) is 4.65. The first kappa shape index (κ1) is 9.49. The Morgan fingerprint density at radius 2 is 1.93 bits per heavy atom. The van der Waals surface area contributed by atoms with Crippen molar-refractivity contribution in [3.05, 3.63) is 5.89 Å². The predicted octanol–water partition coefficient (Wildman–Crippen LogP) is 2.12. The molecular formula is C10H17N3O. The molecule has 1 heterocycles. The Balaban J connectivity index is 2.22. The molecule has 4 nitrogen and oxygen atoms in total. The van der Waals surface area contributed by atoms with Crippen molar-refractivity contribution in [2.24, 2.45) is 5.92 Å². The summed E-state index contributed by atoms with van der Waals surface area (Å²) in [5, 5.41) is 7.71. The highest BCUT2D eigenvalue weighted by atomic mass is 16.4. The third-order valence-corrected chi connectivity index (χ3v) is 3.37. The quantitative estimate of drug-likeness (QED) is 0.785. The van der Waals surface area contributed by atoms with Crippen LogP contribution in [0.15, 0.2) is 4.42 Å². The van der Waals surface area contributed by atoms with Gasteiger partial charge in [0, 0.05) is 5.41 Å². The van der Waals surface area contributed by atoms with Gasteiger partial charge in [-0.2, -0.15) is 0 Å². The first-order valence-corrected chi connectivity index (χ1v) is 5.20. The number of nitrogens with two attached hydrogens (primary N) is 1. The summed E-state index contributed by atoms with van der Waals surface area (Å²) in [7, 11) is 0. The van der Waals surface area contributed by atoms with E-state index in [1.54, 1.807) is 0 Å². The summed E-state index contributed by atoms with van der Waals surface area (Å²) in [5.41, 5.74) is 5.41. The van der Waals surface area contributed by atoms with Crippen LogP contribution in [0.1, 0.15) is 45.4 Å². The molecule has 1 aliphatic carbocycles. The third kappa shape index (κ3) is 1.49. The summed E-state index contributed by atoms with van der Waals surface area (Å²) < 4.78 is 5.32. The highest BCUT2D eigenvalue weighted by molar-refractivity contribution is 5.11. The highest BCUT2D eigenvalue weighted by Gasteiger charge is 2.37. The molecule has 14 heavy (non-hydrogen) atoms. The molecule has 1 aromatic rings. The molecule has 0 spiro atoms. The summed E-state index contributed by atoms with van der Waals surface area (Å²) in [5.74, 6) is 1.34. The molecule has 1 saturated carbocycles. The van der Waals surface area contributed by atoms with E-state index in [1.165, 1.54) is 25.7 Å². The van der Waals surface area contributed by atoms with Crippen molar-refractivity contribution < 1.29 is 4.42 Å². The topological polar surface area (TPSA) is 64.9 Å². The lowest BCUT2D eigenvalue weighted by Crippen LogP contribution is -2.27. The molecule has 1 fully saturated rings. The van der Waals surface area contributed by atoms with Crippen LogP contribution >= 0.6 is 0 Å². The van der Waals surface area contributed by atoms with Gasteiger partial charge in [0.15, 0.2) is 0 Å². The minimum absolute atomic E-state index is 0.0267. The fourth-order valence-electron chi connectivity index (χ4n) is 2.32. The zero-order chi connectivity index (χ0) is 10.2. The first-order chi connectivity index (χ1) is 6.60. The molecular weight excluding hydrogens is 178 g/mol. The van der Waals surface area contributed by atoms with Gasteiger partial charge in [0.2, 0.25) is 5.89 Å². The van der Waals surface area contributed by atoms with Crippen LogP contribution in [0.3, 0.4) is 0 Å². The van der Waals surface area contributed by atoms with Gasteiger partial charge in [0.25, 0.3) is 0 Å². The zero-order valence-electron chi connectivity index (χ0n) is 8.79. The molecule has 78 valence electrons. The monoisotopic (exact) mass is 195 g/mol. The van der Waals surface area contributed by atoms with Crippen LogP contribution in [0.2, 0.25) is 0 Å². The predicted molar refractivity (Wildman–Crippen MR) is 53.7 cm³/mol. The van der Waals surface area contributed by atoms with Crippen molar-refractivity contribution in [1.82, 2.24) is 10.2 Å². The van der Waals surface area contributed by atoms with Gasteiger partial charge in [-0.15, -0.1) is 5.10 Å². The van der Waals surface area contributed by atoms with Crippen LogP contribution in [0.5, 0.6) is 0 Å². The second kappa shape index (κ2) is 3.26. The minimum atomic E-state index is -0.0267. The minimum Gasteiger partial charge on any atom is -0.408 e. The molecule has 0 atom stereocenters. The summed E-state index contributed by atoms with van der Waals surface area (Å²) in [6.07, 6.45) is 5.15. The van der Waals surface area contributed by atoms with E-state index in [1.807, 2.05) is 0 Å². The van der Waals surface area contributed by atoms with E-state index in [-0.39, 0.29) is 11.4 Å². The standard InChI is InChI=1S/C10H17N3O/c1-10(2,7-5-3-4-6-7)8-12-13-9(11)14-8/h7H,3-6H2,1-2H3,(H2,11,13). The Morgan fingerprint density at radius 1 is 1.29 bits per heavy atom. The molecule has 2 rings (SSSR count). The van der Waals surface area contributed by atoms with Crippen molar-refractivity contribution in [2.45, 2.75) is 44.9 Å². The number of hydrogen-bond donors (Lipinski definition) is 1. The van der Waals surface area contributed by atoms with E-state index in [0.717, 1.165) is 0 Å². The number of anilines is 1. The van der Waals surface area contributed by atoms with Gasteiger partial charge in [0.05, 0.1) is 0 Å². The van der Waals surface area contributed by atoms with E-state index < -0.39 is 0 Å². The van der Waals surface area contributed by atoms with Crippen molar-refractivity contribution in [3.63, 3.8) is 0 Å². The number of nitrogens with zero attached hydrogens (tertiary/aromatic N) is 2. The van der Waals surface area contributed by atoms with Crippen molar-refractivity contribution in [2.75, 3.05) is 5.73 Å². The van der Waals surface area contributed by atoms with Crippen LogP contribution in [0.25, 0.3) is 0 Å². The molecule has 4 heteroatoms. The Hall–Kier alpha value is -1.06. The average Bonchev–Trinajstić information content (AvgIpc) is 2.72. The van der Waals surface area contributed by atoms with Gasteiger partial charge in [-0.3, -0.25) is 0 Å². The van der Waals surface area contributed by atoms with Crippen LogP contribution in [0, 0.1) is 5.92 Å². The number of hydrogen-bond acceptors (Lipinski definition) is 4. The van der Waals surface area contributed by atoms with Gasteiger partial charge < -0.3 is 10.2 Å². The Kier molecular flexibility index (Phi) is 2.21. The largest absolute Gasteiger partial charge is 0.408 e. The Morgan fingerprint density at radius 3 is 2.43 bits per heavy atom. The van der Waals surface area contributed by atoms with E-state index >= 15 is 0 Å². The Bertz CT molecular complexity index is 313. The second-order valence-electron chi connectivity index (χ2n) is 4.65. The maximum atomic E-state index is 5.43. The highest BCUT2D eigenvalue weighted by Crippen LogP contribution is 2.41. The van der Waals surface area contributed by atoms with Crippen LogP contribution < -0.4 is 5.73 Å². The van der Waals surface area contributed by atoms with Crippen molar-refractivity contribution in [3.8, 4) is 0 Å². The van der Waals surface area contributed by atoms with Gasteiger partial charge in [-0.25, -0.2) is 0 Å². The number of aromatic nitrogens is 2. The fourth-order valence-corrected chi connectivity index (χ4v) is 2.32. The Labute approximate surface area is 83.9 Å². The van der Waals surface area contributed by atoms with E-state index in [9.17, 15) is 0 Å². The van der Waals surface area contributed by atoms with Crippen LogP contribution in [-0.2, 0) is 5.41 Å². The van der Waals surface area contributed by atoms with Crippen molar-refractivity contribution >= 4 is 6.01 Å². The first-order valence-electron chi connectivity index (χ1n) is 5.20. The van der Waals surface area contributed by atoms with Crippen LogP contribution in [-0.4, -0.2) is 10.2 Å². The summed E-state index contributed by atoms with van der Waals surface area (Å²) in [4.78, 5) is 0. The third-order valence-electron chi connectivity index (χ3n) is 3.37. The lowest BCUT2D eigenvalue weighted by Gasteiger charge is -2.27. The zero-order valence-corrected chi connectivity index (χ0v) is 8.79. The van der Waals surface area contributed by atoms with E-state index in [4.69, 9.17) is 10.2 Å². The molecule has 1 aromatic heterocycles. The van der Waals surface area contributed by atoms with Gasteiger partial charge in [-0.1, -0.05) is 31.8 Å². The lowest BCUT2D eigenvalue weighted by atomic mass is 9.78. The maximum absolute atomic E-state index is 5.43. The summed E-state index contributed by atoms with van der Waals surface area (Å²) in [6.45, 7) is 4.33. The summed E-state index contributed by atoms with van der Waals surface area (Å²) >= 11 is 0. The van der Waals surface area contributed by atoms with E-state index in [0.29, 0.717) is 11.8 Å². The molecule has 0 aromatic carbocycles. The molecule has 0 radical (unpaired) electrons. The van der Waals surface area contributed by atoms with Crippen molar-refractivity contribution in [1.29, 1.82) is 0 Å². The van der Waals surface area contributed by atoms with Gasteiger partial charge in [0.1, 0.15) is 0 Å². The molecule has 0 bridgehead atoms. The molecule has 2 N–H and O–H groups in total. The molecule has 0 amide bonds. The molecule has 1 aliphatic rings. The van der Waals surface area contributed by atoms with Gasteiger partial charge >= 0.3 is 6.01 Å². The molecule has 0 saturated heterocycles. The number of rotatable bonds is 2. The fraction of sp³-hybridized carbons (Fsp3) is 0.800. The SMILES string of the molecule is CC(C)(c1nnc(N)o1)C1CCCC1. The molecule has 0 aliphatic heterocycles. The maximum Gasteiger partial charge on any atom is 0.312 e. The van der Waals surface area contributed by atoms with Gasteiger partial charge in [-0.05, 0) is 18.8 Å². The summed E-state index contributed by atoms with van der Waals surface area (Å²) in [6, 6.07) is 0.172. The molecule has 0 unspecified atom stereocenters. The van der Waals surface area contributed by atoms with Crippen LogP contribution in [0.4, 0.5) is 6.01 Å². The normalized spacial score (nSPS) is 19.0. The lowest BCUT2D eigenvalue weighted by molar-refractivity contribution is 0.262. The number of nitrogen functional groups attached to an aromatic ring is 1. The smallest absolute Gasteiger partial charge is 0.312 e.